The summed E-state index contributed by atoms with van der Waals surface area (Å²) in [5.41, 5.74) is 0.989. The molecule has 7 nitrogen and oxygen atoms in total. The van der Waals surface area contributed by atoms with E-state index in [4.69, 9.17) is 30.5 Å². The van der Waals surface area contributed by atoms with Crippen molar-refractivity contribution in [2.75, 3.05) is 13.9 Å². The van der Waals surface area contributed by atoms with Gasteiger partial charge in [-0.05, 0) is 25.1 Å². The first kappa shape index (κ1) is 18.8. The van der Waals surface area contributed by atoms with Gasteiger partial charge in [0, 0.05) is 12.1 Å². The topological polar surface area (TPSA) is 83.1 Å². The Morgan fingerprint density at radius 1 is 1.26 bits per heavy atom. The molecule has 1 amide bonds. The molecule has 1 heterocycles. The Kier molecular flexibility index (Phi) is 5.71. The van der Waals surface area contributed by atoms with Gasteiger partial charge >= 0.3 is 5.97 Å². The van der Waals surface area contributed by atoms with E-state index >= 15 is 0 Å². The molecule has 0 radical (unpaired) electrons. The van der Waals surface area contributed by atoms with Gasteiger partial charge in [-0.2, -0.15) is 0 Å². The number of nitrogens with one attached hydrogen (secondary N) is 1. The van der Waals surface area contributed by atoms with Gasteiger partial charge in [-0.15, -0.1) is 0 Å². The average Bonchev–Trinajstić information content (AvgIpc) is 3.15. The van der Waals surface area contributed by atoms with E-state index in [1.54, 1.807) is 13.2 Å². The summed E-state index contributed by atoms with van der Waals surface area (Å²) in [6.45, 7) is 1.78. The Morgan fingerprint density at radius 2 is 2.04 bits per heavy atom. The van der Waals surface area contributed by atoms with Gasteiger partial charge < -0.3 is 24.3 Å². The summed E-state index contributed by atoms with van der Waals surface area (Å²) in [4.78, 5) is 24.5. The second-order valence-electron chi connectivity index (χ2n) is 5.77. The molecule has 0 bridgehead atoms. The fraction of sp³-hybridized carbons (Fsp3) is 0.263. The van der Waals surface area contributed by atoms with Crippen molar-refractivity contribution < 1.29 is 28.5 Å². The van der Waals surface area contributed by atoms with Gasteiger partial charge in [0.15, 0.2) is 17.6 Å². The fourth-order valence-corrected chi connectivity index (χ4v) is 2.81. The molecule has 0 unspecified atom stereocenters. The lowest BCUT2D eigenvalue weighted by Crippen LogP contribution is -2.35. The Balaban J connectivity index is 1.59. The maximum Gasteiger partial charge on any atom is 0.339 e. The third-order valence-electron chi connectivity index (χ3n) is 3.96. The summed E-state index contributed by atoms with van der Waals surface area (Å²) in [7, 11) is 1.56. The minimum Gasteiger partial charge on any atom is -0.496 e. The van der Waals surface area contributed by atoms with Crippen molar-refractivity contribution >= 4 is 23.5 Å². The number of benzene rings is 2. The van der Waals surface area contributed by atoms with Crippen LogP contribution in [0.4, 0.5) is 0 Å². The van der Waals surface area contributed by atoms with Crippen LogP contribution >= 0.6 is 11.6 Å². The summed E-state index contributed by atoms with van der Waals surface area (Å²) >= 11 is 6.06. The SMILES string of the molecule is COc1ccccc1CNC(=O)[C@@H](C)OC(=O)c1cc(Cl)c2c(c1)OCO2. The van der Waals surface area contributed by atoms with Crippen LogP contribution in [-0.4, -0.2) is 31.9 Å². The van der Waals surface area contributed by atoms with Gasteiger partial charge in [0.25, 0.3) is 5.91 Å². The fourth-order valence-electron chi connectivity index (χ4n) is 2.54. The first-order valence-electron chi connectivity index (χ1n) is 8.19. The van der Waals surface area contributed by atoms with E-state index in [9.17, 15) is 9.59 Å². The lowest BCUT2D eigenvalue weighted by molar-refractivity contribution is -0.129. The first-order valence-corrected chi connectivity index (χ1v) is 8.57. The van der Waals surface area contributed by atoms with E-state index in [1.807, 2.05) is 18.2 Å². The third-order valence-corrected chi connectivity index (χ3v) is 4.24. The monoisotopic (exact) mass is 391 g/mol. The number of halogens is 1. The number of esters is 1. The predicted molar refractivity (Wildman–Crippen MR) is 97.3 cm³/mol. The quantitative estimate of drug-likeness (QED) is 0.762. The molecule has 27 heavy (non-hydrogen) atoms. The normalized spacial score (nSPS) is 13.0. The highest BCUT2D eigenvalue weighted by molar-refractivity contribution is 6.32. The molecule has 0 aromatic heterocycles. The van der Waals surface area contributed by atoms with E-state index in [0.29, 0.717) is 17.2 Å². The number of fused-ring (bicyclic) bond motifs is 1. The number of rotatable bonds is 6. The van der Waals surface area contributed by atoms with Crippen LogP contribution in [0, 0.1) is 0 Å². The number of carbonyl (C=O) groups excluding carboxylic acids is 2. The molecule has 0 aliphatic carbocycles. The molecule has 0 saturated heterocycles. The minimum atomic E-state index is -0.989. The van der Waals surface area contributed by atoms with E-state index in [-0.39, 0.29) is 23.9 Å². The van der Waals surface area contributed by atoms with Crippen LogP contribution in [0.25, 0.3) is 0 Å². The molecule has 1 atom stereocenters. The number of hydrogen-bond acceptors (Lipinski definition) is 6. The number of methoxy groups -OCH3 is 1. The van der Waals surface area contributed by atoms with Crippen molar-refractivity contribution in [1.29, 1.82) is 0 Å². The summed E-state index contributed by atoms with van der Waals surface area (Å²) in [6.07, 6.45) is -0.989. The molecule has 0 spiro atoms. The molecule has 142 valence electrons. The van der Waals surface area contributed by atoms with Gasteiger partial charge in [0.2, 0.25) is 6.79 Å². The van der Waals surface area contributed by atoms with Gasteiger partial charge in [-0.25, -0.2) is 4.79 Å². The first-order chi connectivity index (χ1) is 13.0. The lowest BCUT2D eigenvalue weighted by Gasteiger charge is -2.15. The summed E-state index contributed by atoms with van der Waals surface area (Å²) < 4.78 is 20.9. The maximum atomic E-state index is 12.3. The van der Waals surface area contributed by atoms with Crippen molar-refractivity contribution in [3.05, 3.63) is 52.5 Å². The summed E-state index contributed by atoms with van der Waals surface area (Å²) in [5, 5.41) is 2.96. The van der Waals surface area contributed by atoms with Crippen LogP contribution < -0.4 is 19.5 Å². The number of amides is 1. The largest absolute Gasteiger partial charge is 0.496 e. The van der Waals surface area contributed by atoms with Crippen LogP contribution in [-0.2, 0) is 16.1 Å². The number of hydrogen-bond donors (Lipinski definition) is 1. The maximum absolute atomic E-state index is 12.3. The molecule has 1 aliphatic rings. The molecule has 1 N–H and O–H groups in total. The minimum absolute atomic E-state index is 0.0370. The zero-order valence-electron chi connectivity index (χ0n) is 14.8. The van der Waals surface area contributed by atoms with Gasteiger partial charge in [0.05, 0.1) is 17.7 Å². The molecule has 0 saturated carbocycles. The Morgan fingerprint density at radius 3 is 2.81 bits per heavy atom. The van der Waals surface area contributed by atoms with Gasteiger partial charge in [-0.3, -0.25) is 4.79 Å². The van der Waals surface area contributed by atoms with Gasteiger partial charge in [-0.1, -0.05) is 29.8 Å². The highest BCUT2D eigenvalue weighted by atomic mass is 35.5. The number of ether oxygens (including phenoxy) is 4. The van der Waals surface area contributed by atoms with E-state index < -0.39 is 18.0 Å². The highest BCUT2D eigenvalue weighted by Gasteiger charge is 2.24. The molecule has 0 fully saturated rings. The Hall–Kier alpha value is -2.93. The van der Waals surface area contributed by atoms with Crippen LogP contribution in [0.3, 0.4) is 0 Å². The average molecular weight is 392 g/mol. The van der Waals surface area contributed by atoms with E-state index in [1.165, 1.54) is 19.1 Å². The van der Waals surface area contributed by atoms with Crippen LogP contribution in [0.15, 0.2) is 36.4 Å². The van der Waals surface area contributed by atoms with Crippen molar-refractivity contribution in [3.8, 4) is 17.2 Å². The lowest BCUT2D eigenvalue weighted by atomic mass is 10.2. The van der Waals surface area contributed by atoms with Crippen LogP contribution in [0.2, 0.25) is 5.02 Å². The molecule has 2 aromatic rings. The molecule has 2 aromatic carbocycles. The van der Waals surface area contributed by atoms with Crippen molar-refractivity contribution in [2.45, 2.75) is 19.6 Å². The molecule has 8 heteroatoms. The molecule has 3 rings (SSSR count). The number of para-hydroxylation sites is 1. The zero-order valence-corrected chi connectivity index (χ0v) is 15.5. The second-order valence-corrected chi connectivity index (χ2v) is 6.18. The summed E-state index contributed by atoms with van der Waals surface area (Å²) in [5.74, 6) is 0.298. The standard InChI is InChI=1S/C19H18ClNO6/c1-11(18(22)21-9-12-5-3-4-6-15(12)24-2)27-19(23)13-7-14(20)17-16(8-13)25-10-26-17/h3-8,11H,9-10H2,1-2H3,(H,21,22)/t11-/m1/s1. The van der Waals surface area contributed by atoms with E-state index in [0.717, 1.165) is 5.56 Å². The molecular formula is C19H18ClNO6. The molecule has 1 aliphatic heterocycles. The van der Waals surface area contributed by atoms with Crippen molar-refractivity contribution in [1.82, 2.24) is 5.32 Å². The Bertz CT molecular complexity index is 869. The molecular weight excluding hydrogens is 374 g/mol. The number of carbonyl (C=O) groups is 2. The van der Waals surface area contributed by atoms with Gasteiger partial charge in [0.1, 0.15) is 5.75 Å². The zero-order chi connectivity index (χ0) is 19.4. The third kappa shape index (κ3) is 4.25. The predicted octanol–water partition coefficient (Wildman–Crippen LogP) is 2.94. The Labute approximate surface area is 161 Å². The van der Waals surface area contributed by atoms with Crippen molar-refractivity contribution in [3.63, 3.8) is 0 Å². The highest BCUT2D eigenvalue weighted by Crippen LogP contribution is 2.39. The smallest absolute Gasteiger partial charge is 0.339 e. The van der Waals surface area contributed by atoms with Crippen LogP contribution in [0.1, 0.15) is 22.8 Å². The van der Waals surface area contributed by atoms with E-state index in [2.05, 4.69) is 5.32 Å². The van der Waals surface area contributed by atoms with Crippen molar-refractivity contribution in [2.24, 2.45) is 0 Å². The van der Waals surface area contributed by atoms with Crippen LogP contribution in [0.5, 0.6) is 17.2 Å². The second kappa shape index (κ2) is 8.18. The summed E-state index contributed by atoms with van der Waals surface area (Å²) in [6, 6.07) is 10.2.